The summed E-state index contributed by atoms with van der Waals surface area (Å²) in [6, 6.07) is 17.0. The Morgan fingerprint density at radius 3 is 2.52 bits per heavy atom. The molecule has 0 radical (unpaired) electrons. The molecule has 120 valence electrons. The maximum absolute atomic E-state index is 12.7. The van der Waals surface area contributed by atoms with Crippen LogP contribution in [0.4, 0.5) is 0 Å². The Balaban J connectivity index is 1.72. The molecule has 0 saturated carbocycles. The molecule has 23 heavy (non-hydrogen) atoms. The molecule has 2 aromatic carbocycles. The quantitative estimate of drug-likeness (QED) is 0.872. The van der Waals surface area contributed by atoms with Crippen LogP contribution in [-0.2, 0) is 0 Å². The van der Waals surface area contributed by atoms with Crippen molar-refractivity contribution >= 4 is 5.91 Å². The van der Waals surface area contributed by atoms with Gasteiger partial charge < -0.3 is 14.5 Å². The molecule has 2 aromatic rings. The summed E-state index contributed by atoms with van der Waals surface area (Å²) < 4.78 is 5.82. The van der Waals surface area contributed by atoms with E-state index in [0.717, 1.165) is 38.3 Å². The van der Waals surface area contributed by atoms with E-state index in [9.17, 15) is 4.79 Å². The van der Waals surface area contributed by atoms with Crippen molar-refractivity contribution in [2.24, 2.45) is 0 Å². The van der Waals surface area contributed by atoms with Gasteiger partial charge in [0.2, 0.25) is 0 Å². The first-order valence-corrected chi connectivity index (χ1v) is 8.03. The standard InChI is InChI=1S/C19H22N2O2/c1-20-11-6-12-21(14-13-20)19(22)16-7-5-10-18(15-16)23-17-8-3-2-4-9-17/h2-5,7-10,15H,6,11-14H2,1H3. The van der Waals surface area contributed by atoms with Crippen LogP contribution in [0.5, 0.6) is 11.5 Å². The molecule has 1 saturated heterocycles. The molecule has 1 fully saturated rings. The Kier molecular flexibility index (Phi) is 4.93. The molecule has 0 atom stereocenters. The first-order chi connectivity index (χ1) is 11.2. The Labute approximate surface area is 137 Å². The number of amides is 1. The highest BCUT2D eigenvalue weighted by Gasteiger charge is 2.19. The maximum atomic E-state index is 12.7. The van der Waals surface area contributed by atoms with Crippen molar-refractivity contribution in [3.8, 4) is 11.5 Å². The highest BCUT2D eigenvalue weighted by molar-refractivity contribution is 5.94. The normalized spacial score (nSPS) is 16.0. The summed E-state index contributed by atoms with van der Waals surface area (Å²) in [5.41, 5.74) is 0.683. The molecule has 1 aliphatic rings. The molecule has 0 aliphatic carbocycles. The summed E-state index contributed by atoms with van der Waals surface area (Å²) in [4.78, 5) is 16.9. The number of para-hydroxylation sites is 1. The summed E-state index contributed by atoms with van der Waals surface area (Å²) in [6.07, 6.45) is 1.02. The molecule has 0 unspecified atom stereocenters. The van der Waals surface area contributed by atoms with Gasteiger partial charge in [-0.2, -0.15) is 0 Å². The molecular formula is C19H22N2O2. The SMILES string of the molecule is CN1CCCN(C(=O)c2cccc(Oc3ccccc3)c2)CC1. The summed E-state index contributed by atoms with van der Waals surface area (Å²) in [6.45, 7) is 3.55. The number of carbonyl (C=O) groups is 1. The lowest BCUT2D eigenvalue weighted by atomic mass is 10.2. The fraction of sp³-hybridized carbons (Fsp3) is 0.316. The third-order valence-electron chi connectivity index (χ3n) is 4.07. The molecule has 3 rings (SSSR count). The summed E-state index contributed by atoms with van der Waals surface area (Å²) in [5.74, 6) is 1.54. The predicted octanol–water partition coefficient (Wildman–Crippen LogP) is 3.26. The third kappa shape index (κ3) is 4.11. The fourth-order valence-corrected chi connectivity index (χ4v) is 2.75. The molecule has 1 aliphatic heterocycles. The molecule has 0 bridgehead atoms. The number of hydrogen-bond acceptors (Lipinski definition) is 3. The van der Waals surface area contributed by atoms with Crippen LogP contribution in [0.3, 0.4) is 0 Å². The Hall–Kier alpha value is -2.33. The minimum Gasteiger partial charge on any atom is -0.457 e. The molecule has 4 heteroatoms. The lowest BCUT2D eigenvalue weighted by Crippen LogP contribution is -2.34. The van der Waals surface area contributed by atoms with Crippen LogP contribution in [0.1, 0.15) is 16.8 Å². The van der Waals surface area contributed by atoms with Crippen LogP contribution in [0.15, 0.2) is 54.6 Å². The minimum atomic E-state index is 0.0822. The van der Waals surface area contributed by atoms with Crippen LogP contribution in [0, 0.1) is 0 Å². The highest BCUT2D eigenvalue weighted by atomic mass is 16.5. The predicted molar refractivity (Wildman–Crippen MR) is 91.0 cm³/mol. The van der Waals surface area contributed by atoms with Crippen LogP contribution in [0.25, 0.3) is 0 Å². The van der Waals surface area contributed by atoms with Gasteiger partial charge in [0.05, 0.1) is 0 Å². The van der Waals surface area contributed by atoms with E-state index < -0.39 is 0 Å². The number of carbonyl (C=O) groups excluding carboxylic acids is 1. The largest absolute Gasteiger partial charge is 0.457 e. The van der Waals surface area contributed by atoms with Crippen molar-refractivity contribution in [3.63, 3.8) is 0 Å². The van der Waals surface area contributed by atoms with E-state index in [4.69, 9.17) is 4.74 Å². The number of benzene rings is 2. The minimum absolute atomic E-state index is 0.0822. The van der Waals surface area contributed by atoms with Gasteiger partial charge in [-0.1, -0.05) is 24.3 Å². The van der Waals surface area contributed by atoms with E-state index in [1.165, 1.54) is 0 Å². The van der Waals surface area contributed by atoms with Gasteiger partial charge in [0, 0.05) is 25.2 Å². The Morgan fingerprint density at radius 1 is 0.913 bits per heavy atom. The van der Waals surface area contributed by atoms with Gasteiger partial charge in [-0.05, 0) is 50.3 Å². The molecular weight excluding hydrogens is 288 g/mol. The van der Waals surface area contributed by atoms with Gasteiger partial charge in [0.15, 0.2) is 0 Å². The molecule has 1 amide bonds. The van der Waals surface area contributed by atoms with E-state index in [1.54, 1.807) is 0 Å². The number of hydrogen-bond donors (Lipinski definition) is 0. The van der Waals surface area contributed by atoms with Gasteiger partial charge >= 0.3 is 0 Å². The van der Waals surface area contributed by atoms with Gasteiger partial charge in [0.25, 0.3) is 5.91 Å². The van der Waals surface area contributed by atoms with Gasteiger partial charge in [-0.15, -0.1) is 0 Å². The van der Waals surface area contributed by atoms with Gasteiger partial charge in [-0.3, -0.25) is 4.79 Å². The highest BCUT2D eigenvalue weighted by Crippen LogP contribution is 2.22. The molecule has 0 N–H and O–H groups in total. The molecule has 1 heterocycles. The van der Waals surface area contributed by atoms with Crippen molar-refractivity contribution in [3.05, 3.63) is 60.2 Å². The summed E-state index contributed by atoms with van der Waals surface area (Å²) in [5, 5.41) is 0. The van der Waals surface area contributed by atoms with E-state index in [2.05, 4.69) is 11.9 Å². The lowest BCUT2D eigenvalue weighted by Gasteiger charge is -2.20. The van der Waals surface area contributed by atoms with Crippen molar-refractivity contribution < 1.29 is 9.53 Å². The average Bonchev–Trinajstić information content (AvgIpc) is 2.80. The van der Waals surface area contributed by atoms with E-state index in [1.807, 2.05) is 59.5 Å². The lowest BCUT2D eigenvalue weighted by molar-refractivity contribution is 0.0762. The number of ether oxygens (including phenoxy) is 1. The van der Waals surface area contributed by atoms with Gasteiger partial charge in [-0.25, -0.2) is 0 Å². The summed E-state index contributed by atoms with van der Waals surface area (Å²) in [7, 11) is 2.10. The third-order valence-corrected chi connectivity index (χ3v) is 4.07. The van der Waals surface area contributed by atoms with Crippen molar-refractivity contribution in [1.82, 2.24) is 9.80 Å². The van der Waals surface area contributed by atoms with Gasteiger partial charge in [0.1, 0.15) is 11.5 Å². The number of nitrogens with zero attached hydrogens (tertiary/aromatic N) is 2. The zero-order valence-electron chi connectivity index (χ0n) is 13.4. The second-order valence-electron chi connectivity index (χ2n) is 5.89. The second-order valence-corrected chi connectivity index (χ2v) is 5.89. The maximum Gasteiger partial charge on any atom is 0.254 e. The smallest absolute Gasteiger partial charge is 0.254 e. The first kappa shape index (κ1) is 15.6. The molecule has 0 aromatic heterocycles. The number of rotatable bonds is 3. The van der Waals surface area contributed by atoms with E-state index in [-0.39, 0.29) is 5.91 Å². The van der Waals surface area contributed by atoms with Crippen LogP contribution in [-0.4, -0.2) is 48.9 Å². The molecule has 4 nitrogen and oxygen atoms in total. The van der Waals surface area contributed by atoms with Crippen LogP contribution < -0.4 is 4.74 Å². The zero-order chi connectivity index (χ0) is 16.1. The second kappa shape index (κ2) is 7.29. The average molecular weight is 310 g/mol. The first-order valence-electron chi connectivity index (χ1n) is 8.03. The Bertz CT molecular complexity index is 657. The van der Waals surface area contributed by atoms with E-state index >= 15 is 0 Å². The number of likely N-dealkylation sites (N-methyl/N-ethyl adjacent to an activating group) is 1. The van der Waals surface area contributed by atoms with E-state index in [0.29, 0.717) is 11.3 Å². The van der Waals surface area contributed by atoms with Crippen molar-refractivity contribution in [2.75, 3.05) is 33.2 Å². The topological polar surface area (TPSA) is 32.8 Å². The van der Waals surface area contributed by atoms with Crippen LogP contribution >= 0.6 is 0 Å². The van der Waals surface area contributed by atoms with Crippen molar-refractivity contribution in [1.29, 1.82) is 0 Å². The van der Waals surface area contributed by atoms with Crippen molar-refractivity contribution in [2.45, 2.75) is 6.42 Å². The molecule has 0 spiro atoms. The zero-order valence-corrected chi connectivity index (χ0v) is 13.4. The monoisotopic (exact) mass is 310 g/mol. The fourth-order valence-electron chi connectivity index (χ4n) is 2.75. The summed E-state index contributed by atoms with van der Waals surface area (Å²) >= 11 is 0. The Morgan fingerprint density at radius 2 is 1.70 bits per heavy atom. The van der Waals surface area contributed by atoms with Crippen LogP contribution in [0.2, 0.25) is 0 Å².